The average Bonchev–Trinajstić information content (AvgIpc) is 2.77. The van der Waals surface area contributed by atoms with Gasteiger partial charge in [0.05, 0.1) is 12.7 Å². The molecule has 1 aromatic rings. The molecule has 1 aromatic heterocycles. The maximum Gasteiger partial charge on any atom is 0.323 e. The topological polar surface area (TPSA) is 98.3 Å². The lowest BCUT2D eigenvalue weighted by molar-refractivity contribution is -0.137. The summed E-state index contributed by atoms with van der Waals surface area (Å²) in [7, 11) is 0. The van der Waals surface area contributed by atoms with Gasteiger partial charge in [-0.25, -0.2) is 4.79 Å². The number of aliphatic carboxylic acids is 1. The Morgan fingerprint density at radius 3 is 2.94 bits per heavy atom. The zero-order valence-electron chi connectivity index (χ0n) is 9.01. The summed E-state index contributed by atoms with van der Waals surface area (Å²) in [5, 5.41) is 17.5. The summed E-state index contributed by atoms with van der Waals surface area (Å²) in [4.78, 5) is 23.1. The molecule has 0 aliphatic heterocycles. The van der Waals surface area contributed by atoms with Gasteiger partial charge < -0.3 is 15.3 Å². The molecule has 0 aromatic carbocycles. The minimum atomic E-state index is -1.11. The van der Waals surface area contributed by atoms with E-state index in [1.54, 1.807) is 12.4 Å². The van der Waals surface area contributed by atoms with E-state index in [2.05, 4.69) is 21.4 Å². The highest BCUT2D eigenvalue weighted by Crippen LogP contribution is 1.94. The van der Waals surface area contributed by atoms with E-state index in [0.717, 1.165) is 10.5 Å². The van der Waals surface area contributed by atoms with Crippen LogP contribution < -0.4 is 5.32 Å². The maximum absolute atomic E-state index is 11.6. The van der Waals surface area contributed by atoms with Crippen LogP contribution >= 0.6 is 0 Å². The van der Waals surface area contributed by atoms with Crippen molar-refractivity contribution in [1.82, 2.24) is 20.4 Å². The molecule has 0 atom stereocenters. The van der Waals surface area contributed by atoms with Gasteiger partial charge in [0.25, 0.3) is 0 Å². The molecule has 0 fully saturated rings. The van der Waals surface area contributed by atoms with Gasteiger partial charge in [-0.1, -0.05) is 5.92 Å². The Hall–Kier alpha value is -2.49. The summed E-state index contributed by atoms with van der Waals surface area (Å²) >= 11 is 0. The third-order valence-electron chi connectivity index (χ3n) is 1.89. The molecule has 17 heavy (non-hydrogen) atoms. The summed E-state index contributed by atoms with van der Waals surface area (Å²) in [5.74, 6) is 1.12. The standard InChI is InChI=1S/C10H12N4O3/c1-2-3-14(7-9(15)16)10(17)11-4-8-5-12-13-6-8/h1,5-6H,3-4,7H2,(H,11,17)(H,12,13)(H,15,16). The molecule has 0 unspecified atom stereocenters. The molecule has 2 amide bonds. The van der Waals surface area contributed by atoms with Crippen molar-refractivity contribution in [1.29, 1.82) is 0 Å². The molecule has 0 aliphatic carbocycles. The maximum atomic E-state index is 11.6. The summed E-state index contributed by atoms with van der Waals surface area (Å²) < 4.78 is 0. The van der Waals surface area contributed by atoms with Crippen LogP contribution in [-0.4, -0.2) is 45.3 Å². The number of hydrogen-bond donors (Lipinski definition) is 3. The Morgan fingerprint density at radius 1 is 1.65 bits per heavy atom. The van der Waals surface area contributed by atoms with Crippen LogP contribution in [0, 0.1) is 12.3 Å². The normalized spacial score (nSPS) is 9.35. The molecule has 0 bridgehead atoms. The lowest BCUT2D eigenvalue weighted by Gasteiger charge is -2.18. The molecule has 0 aliphatic rings. The quantitative estimate of drug-likeness (QED) is 0.608. The Bertz CT molecular complexity index is 421. The highest BCUT2D eigenvalue weighted by atomic mass is 16.4. The third-order valence-corrected chi connectivity index (χ3v) is 1.89. The van der Waals surface area contributed by atoms with Gasteiger partial charge in [0.1, 0.15) is 6.54 Å². The second-order valence-corrected chi connectivity index (χ2v) is 3.22. The molecule has 7 heteroatoms. The van der Waals surface area contributed by atoms with E-state index >= 15 is 0 Å². The molecular formula is C10H12N4O3. The van der Waals surface area contributed by atoms with Crippen molar-refractivity contribution in [2.45, 2.75) is 6.54 Å². The van der Waals surface area contributed by atoms with Crippen molar-refractivity contribution in [2.75, 3.05) is 13.1 Å². The Morgan fingerprint density at radius 2 is 2.41 bits per heavy atom. The van der Waals surface area contributed by atoms with Gasteiger partial charge in [-0.15, -0.1) is 6.42 Å². The van der Waals surface area contributed by atoms with Crippen LogP contribution in [0.15, 0.2) is 12.4 Å². The number of carbonyl (C=O) groups excluding carboxylic acids is 1. The number of aromatic amines is 1. The minimum Gasteiger partial charge on any atom is -0.480 e. The zero-order chi connectivity index (χ0) is 12.7. The Balaban J connectivity index is 2.47. The first-order chi connectivity index (χ1) is 8.13. The fourth-order valence-electron chi connectivity index (χ4n) is 1.14. The van der Waals surface area contributed by atoms with Crippen LogP contribution in [0.25, 0.3) is 0 Å². The summed E-state index contributed by atoms with van der Waals surface area (Å²) in [6.07, 6.45) is 8.24. The predicted molar refractivity (Wildman–Crippen MR) is 58.9 cm³/mol. The number of carboxylic acids is 1. The van der Waals surface area contributed by atoms with Crippen LogP contribution in [0.1, 0.15) is 5.56 Å². The number of nitrogens with zero attached hydrogens (tertiary/aromatic N) is 2. The van der Waals surface area contributed by atoms with Crippen molar-refractivity contribution >= 4 is 12.0 Å². The number of rotatable bonds is 5. The second kappa shape index (κ2) is 6.17. The van der Waals surface area contributed by atoms with Gasteiger partial charge in [-0.05, 0) is 0 Å². The third kappa shape index (κ3) is 4.25. The fourth-order valence-corrected chi connectivity index (χ4v) is 1.14. The highest BCUT2D eigenvalue weighted by Gasteiger charge is 2.15. The van der Waals surface area contributed by atoms with E-state index in [4.69, 9.17) is 11.5 Å². The molecule has 1 heterocycles. The van der Waals surface area contributed by atoms with Gasteiger partial charge in [-0.2, -0.15) is 5.10 Å². The van der Waals surface area contributed by atoms with Crippen LogP contribution in [0.4, 0.5) is 4.79 Å². The number of terminal acetylenes is 1. The molecule has 0 saturated carbocycles. The van der Waals surface area contributed by atoms with E-state index in [1.165, 1.54) is 0 Å². The average molecular weight is 236 g/mol. The first-order valence-electron chi connectivity index (χ1n) is 4.79. The number of carboxylic acid groups (broad SMARTS) is 1. The predicted octanol–water partition coefficient (Wildman–Crippen LogP) is -0.361. The van der Waals surface area contributed by atoms with Crippen molar-refractivity contribution in [3.63, 3.8) is 0 Å². The minimum absolute atomic E-state index is 0.0521. The van der Waals surface area contributed by atoms with E-state index in [9.17, 15) is 9.59 Å². The number of H-pyrrole nitrogens is 1. The van der Waals surface area contributed by atoms with Crippen molar-refractivity contribution in [3.05, 3.63) is 18.0 Å². The molecule has 3 N–H and O–H groups in total. The molecule has 1 rings (SSSR count). The molecule has 0 radical (unpaired) electrons. The number of aromatic nitrogens is 2. The highest BCUT2D eigenvalue weighted by molar-refractivity contribution is 5.80. The van der Waals surface area contributed by atoms with Gasteiger partial charge in [-0.3, -0.25) is 9.89 Å². The SMILES string of the molecule is C#CCN(CC(=O)O)C(=O)NCc1cn[nH]c1. The van der Waals surface area contributed by atoms with Gasteiger partial charge in [0.2, 0.25) is 0 Å². The zero-order valence-corrected chi connectivity index (χ0v) is 9.01. The summed E-state index contributed by atoms with van der Waals surface area (Å²) in [5.41, 5.74) is 0.786. The Kier molecular flexibility index (Phi) is 4.57. The fraction of sp³-hybridized carbons (Fsp3) is 0.300. The summed E-state index contributed by atoms with van der Waals surface area (Å²) in [6.45, 7) is -0.221. The largest absolute Gasteiger partial charge is 0.480 e. The number of urea groups is 1. The van der Waals surface area contributed by atoms with E-state index in [-0.39, 0.29) is 13.1 Å². The molecular weight excluding hydrogens is 224 g/mol. The number of nitrogens with one attached hydrogen (secondary N) is 2. The van der Waals surface area contributed by atoms with Crippen LogP contribution in [0.3, 0.4) is 0 Å². The smallest absolute Gasteiger partial charge is 0.323 e. The lowest BCUT2D eigenvalue weighted by Crippen LogP contribution is -2.42. The van der Waals surface area contributed by atoms with E-state index in [0.29, 0.717) is 0 Å². The molecule has 0 spiro atoms. The van der Waals surface area contributed by atoms with Crippen LogP contribution in [0.5, 0.6) is 0 Å². The monoisotopic (exact) mass is 236 g/mol. The number of hydrogen-bond acceptors (Lipinski definition) is 3. The summed E-state index contributed by atoms with van der Waals surface area (Å²) in [6, 6.07) is -0.522. The van der Waals surface area contributed by atoms with Crippen LogP contribution in [-0.2, 0) is 11.3 Å². The molecule has 7 nitrogen and oxygen atoms in total. The van der Waals surface area contributed by atoms with Crippen molar-refractivity contribution in [3.8, 4) is 12.3 Å². The number of amides is 2. The Labute approximate surface area is 97.8 Å². The van der Waals surface area contributed by atoms with Gasteiger partial charge in [0, 0.05) is 18.3 Å². The van der Waals surface area contributed by atoms with Crippen molar-refractivity contribution < 1.29 is 14.7 Å². The van der Waals surface area contributed by atoms with Gasteiger partial charge >= 0.3 is 12.0 Å². The second-order valence-electron chi connectivity index (χ2n) is 3.22. The number of carbonyl (C=O) groups is 2. The lowest BCUT2D eigenvalue weighted by atomic mass is 10.3. The first kappa shape index (κ1) is 12.6. The molecule has 0 saturated heterocycles. The van der Waals surface area contributed by atoms with E-state index in [1.807, 2.05) is 0 Å². The first-order valence-corrected chi connectivity index (χ1v) is 4.79. The van der Waals surface area contributed by atoms with Crippen molar-refractivity contribution in [2.24, 2.45) is 0 Å². The molecule has 90 valence electrons. The van der Waals surface area contributed by atoms with Crippen LogP contribution in [0.2, 0.25) is 0 Å². The van der Waals surface area contributed by atoms with Gasteiger partial charge in [0.15, 0.2) is 0 Å². The van der Waals surface area contributed by atoms with E-state index < -0.39 is 18.5 Å².